The van der Waals surface area contributed by atoms with E-state index in [1.165, 1.54) is 0 Å². The summed E-state index contributed by atoms with van der Waals surface area (Å²) in [6.07, 6.45) is 8.39. The molecular weight excluding hydrogens is 240 g/mol. The molecule has 1 aliphatic heterocycles. The van der Waals surface area contributed by atoms with E-state index in [9.17, 15) is 4.79 Å². The van der Waals surface area contributed by atoms with Crippen molar-refractivity contribution < 1.29 is 0 Å². The molecule has 2 aliphatic rings. The third-order valence-corrected chi connectivity index (χ3v) is 3.37. The first kappa shape index (κ1) is 11.6. The number of nitriles is 1. The van der Waals surface area contributed by atoms with Crippen molar-refractivity contribution in [3.8, 4) is 6.07 Å². The van der Waals surface area contributed by atoms with E-state index in [1.807, 2.05) is 24.3 Å². The lowest BCUT2D eigenvalue weighted by molar-refractivity contribution is 0.713. The van der Waals surface area contributed by atoms with Gasteiger partial charge in [-0.15, -0.1) is 0 Å². The van der Waals surface area contributed by atoms with Gasteiger partial charge in [0.1, 0.15) is 6.04 Å². The molecule has 19 heavy (non-hydrogen) atoms. The molecule has 0 amide bonds. The number of aryl methyl sites for hydroxylation is 1. The smallest absolute Gasteiger partial charge is 0.259 e. The van der Waals surface area contributed by atoms with Crippen molar-refractivity contribution in [3.63, 3.8) is 0 Å². The van der Waals surface area contributed by atoms with E-state index in [1.54, 1.807) is 11.5 Å². The lowest BCUT2D eigenvalue weighted by atomic mass is 10.1. The van der Waals surface area contributed by atoms with Gasteiger partial charge in [-0.2, -0.15) is 5.26 Å². The second-order valence-electron chi connectivity index (χ2n) is 4.53. The molecule has 1 aromatic heterocycles. The van der Waals surface area contributed by atoms with Crippen molar-refractivity contribution >= 4 is 11.7 Å². The highest BCUT2D eigenvalue weighted by atomic mass is 16.1. The van der Waals surface area contributed by atoms with Crippen LogP contribution in [0.2, 0.25) is 0 Å². The number of fused-ring (bicyclic) bond motifs is 3. The Balaban J connectivity index is 2.15. The van der Waals surface area contributed by atoms with Gasteiger partial charge in [0, 0.05) is 12.0 Å². The van der Waals surface area contributed by atoms with Crippen molar-refractivity contribution in [2.45, 2.75) is 25.8 Å². The van der Waals surface area contributed by atoms with Crippen LogP contribution >= 0.6 is 0 Å². The summed E-state index contributed by atoms with van der Waals surface area (Å²) in [4.78, 5) is 21.3. The van der Waals surface area contributed by atoms with Crippen LogP contribution in [0.25, 0.3) is 0 Å². The highest BCUT2D eigenvalue weighted by Gasteiger charge is 2.28. The van der Waals surface area contributed by atoms with Crippen LogP contribution in [0.5, 0.6) is 0 Å². The maximum Gasteiger partial charge on any atom is 0.259 e. The minimum Gasteiger partial charge on any atom is -0.269 e. The highest BCUT2D eigenvalue weighted by Crippen LogP contribution is 2.28. The maximum atomic E-state index is 12.5. The summed E-state index contributed by atoms with van der Waals surface area (Å²) < 4.78 is 1.61. The predicted octanol–water partition coefficient (Wildman–Crippen LogP) is 1.76. The molecule has 1 aliphatic carbocycles. The number of allylic oxidation sites excluding steroid dienone is 4. The van der Waals surface area contributed by atoms with Crippen molar-refractivity contribution in [1.29, 1.82) is 5.26 Å². The minimum atomic E-state index is -0.151. The zero-order valence-corrected chi connectivity index (χ0v) is 10.5. The fourth-order valence-corrected chi connectivity index (χ4v) is 2.42. The average molecular weight is 252 g/mol. The van der Waals surface area contributed by atoms with Crippen LogP contribution in [0.4, 0.5) is 5.95 Å². The lowest BCUT2D eigenvalue weighted by Gasteiger charge is -2.14. The summed E-state index contributed by atoms with van der Waals surface area (Å²) in [5, 5.41) is 8.67. The number of nitrogens with zero attached hydrogens (tertiary/aromatic N) is 4. The molecule has 0 N–H and O–H groups in total. The molecule has 0 saturated heterocycles. The lowest BCUT2D eigenvalue weighted by Crippen LogP contribution is -2.29. The fourth-order valence-electron chi connectivity index (χ4n) is 2.42. The zero-order valence-electron chi connectivity index (χ0n) is 10.5. The van der Waals surface area contributed by atoms with Crippen LogP contribution < -0.4 is 5.56 Å². The van der Waals surface area contributed by atoms with E-state index >= 15 is 0 Å². The number of aliphatic imine (C=N–C) groups is 1. The van der Waals surface area contributed by atoms with Gasteiger partial charge in [-0.25, -0.2) is 9.98 Å². The Kier molecular flexibility index (Phi) is 2.64. The second-order valence-corrected chi connectivity index (χ2v) is 4.53. The van der Waals surface area contributed by atoms with Gasteiger partial charge in [0.25, 0.3) is 5.56 Å². The van der Waals surface area contributed by atoms with Crippen LogP contribution in [0.1, 0.15) is 23.7 Å². The molecule has 0 spiro atoms. The van der Waals surface area contributed by atoms with Gasteiger partial charge in [-0.05, 0) is 19.4 Å². The standard InChI is InChI=1S/C14H12N4O/c1-9-10(5-4-8-15)13(19)18-12-7-3-2-6-11(12)17-14(18)16-9/h2-3,6-7,12H,4-5H2,1H3. The molecule has 0 bridgehead atoms. The Morgan fingerprint density at radius 3 is 3.11 bits per heavy atom. The monoisotopic (exact) mass is 252 g/mol. The number of rotatable bonds is 2. The molecule has 94 valence electrons. The van der Waals surface area contributed by atoms with E-state index in [2.05, 4.69) is 16.0 Å². The first-order valence-corrected chi connectivity index (χ1v) is 6.15. The van der Waals surface area contributed by atoms with Crippen LogP contribution in [0.3, 0.4) is 0 Å². The SMILES string of the molecule is Cc1nc2n(c(=O)c1CCC#N)C1C=CC=CC1=N2. The van der Waals surface area contributed by atoms with Gasteiger partial charge >= 0.3 is 0 Å². The molecule has 1 atom stereocenters. The molecule has 0 saturated carbocycles. The third-order valence-electron chi connectivity index (χ3n) is 3.37. The molecule has 5 nitrogen and oxygen atoms in total. The number of hydrogen-bond donors (Lipinski definition) is 0. The van der Waals surface area contributed by atoms with Crippen molar-refractivity contribution in [2.24, 2.45) is 4.99 Å². The zero-order chi connectivity index (χ0) is 13.4. The Bertz CT molecular complexity index is 731. The van der Waals surface area contributed by atoms with Crippen molar-refractivity contribution in [2.75, 3.05) is 0 Å². The first-order chi connectivity index (χ1) is 9.22. The molecule has 0 radical (unpaired) electrons. The minimum absolute atomic E-state index is 0.0820. The average Bonchev–Trinajstić information content (AvgIpc) is 2.76. The Morgan fingerprint density at radius 2 is 2.32 bits per heavy atom. The molecule has 3 rings (SSSR count). The Labute approximate surface area is 110 Å². The fraction of sp³-hybridized carbons (Fsp3) is 0.286. The van der Waals surface area contributed by atoms with Gasteiger partial charge in [0.05, 0.1) is 17.5 Å². The van der Waals surface area contributed by atoms with Crippen molar-refractivity contribution in [3.05, 3.63) is 45.9 Å². The number of aromatic nitrogens is 2. The summed E-state index contributed by atoms with van der Waals surface area (Å²) in [7, 11) is 0. The van der Waals surface area contributed by atoms with Crippen LogP contribution in [0.15, 0.2) is 34.1 Å². The maximum absolute atomic E-state index is 12.5. The molecule has 0 fully saturated rings. The Hall–Kier alpha value is -2.48. The van der Waals surface area contributed by atoms with E-state index in [-0.39, 0.29) is 11.6 Å². The van der Waals surface area contributed by atoms with E-state index in [4.69, 9.17) is 5.26 Å². The van der Waals surface area contributed by atoms with Crippen molar-refractivity contribution in [1.82, 2.24) is 9.55 Å². The molecule has 5 heteroatoms. The first-order valence-electron chi connectivity index (χ1n) is 6.15. The normalized spacial score (nSPS) is 18.7. The molecular formula is C14H12N4O. The summed E-state index contributed by atoms with van der Waals surface area (Å²) >= 11 is 0. The van der Waals surface area contributed by atoms with E-state index in [0.717, 1.165) is 5.71 Å². The summed E-state index contributed by atoms with van der Waals surface area (Å²) in [5.41, 5.74) is 2.04. The summed E-state index contributed by atoms with van der Waals surface area (Å²) in [5.74, 6) is 0.458. The number of hydrogen-bond acceptors (Lipinski definition) is 4. The molecule has 2 heterocycles. The predicted molar refractivity (Wildman–Crippen MR) is 71.6 cm³/mol. The molecule has 0 aromatic carbocycles. The topological polar surface area (TPSA) is 71.0 Å². The van der Waals surface area contributed by atoms with Crippen LogP contribution in [-0.2, 0) is 6.42 Å². The largest absolute Gasteiger partial charge is 0.269 e. The van der Waals surface area contributed by atoms with Crippen LogP contribution in [-0.4, -0.2) is 15.3 Å². The van der Waals surface area contributed by atoms with Gasteiger partial charge in [-0.3, -0.25) is 9.36 Å². The third kappa shape index (κ3) is 1.73. The summed E-state index contributed by atoms with van der Waals surface area (Å²) in [6.45, 7) is 1.79. The van der Waals surface area contributed by atoms with Gasteiger partial charge in [0.15, 0.2) is 0 Å². The van der Waals surface area contributed by atoms with E-state index < -0.39 is 0 Å². The summed E-state index contributed by atoms with van der Waals surface area (Å²) in [6, 6.07) is 1.91. The second kappa shape index (κ2) is 4.32. The van der Waals surface area contributed by atoms with Crippen LogP contribution in [0, 0.1) is 18.3 Å². The van der Waals surface area contributed by atoms with Gasteiger partial charge in [0.2, 0.25) is 5.95 Å². The molecule has 1 unspecified atom stereocenters. The van der Waals surface area contributed by atoms with Gasteiger partial charge in [-0.1, -0.05) is 18.2 Å². The quantitative estimate of drug-likeness (QED) is 0.805. The highest BCUT2D eigenvalue weighted by molar-refractivity contribution is 6.03. The molecule has 1 aromatic rings. The Morgan fingerprint density at radius 1 is 1.47 bits per heavy atom. The van der Waals surface area contributed by atoms with Gasteiger partial charge < -0.3 is 0 Å². The van der Waals surface area contributed by atoms with E-state index in [0.29, 0.717) is 30.0 Å².